The minimum absolute atomic E-state index is 0.211. The van der Waals surface area contributed by atoms with Gasteiger partial charge in [-0.2, -0.15) is 5.10 Å². The molecule has 4 aromatic rings. The van der Waals surface area contributed by atoms with Gasteiger partial charge in [0.15, 0.2) is 0 Å². The Kier molecular flexibility index (Phi) is 5.35. The van der Waals surface area contributed by atoms with E-state index in [2.05, 4.69) is 20.3 Å². The van der Waals surface area contributed by atoms with E-state index in [9.17, 15) is 0 Å². The molecule has 0 saturated carbocycles. The maximum Gasteiger partial charge on any atom is 0.251 e. The Bertz CT molecular complexity index is 1210. The van der Waals surface area contributed by atoms with Gasteiger partial charge < -0.3 is 14.9 Å². The number of ether oxygens (including phenoxy) is 1. The number of rotatable bonds is 4. The van der Waals surface area contributed by atoms with Crippen LogP contribution < -0.4 is 5.73 Å². The Balaban J connectivity index is 1.47. The van der Waals surface area contributed by atoms with Crippen LogP contribution in [0.3, 0.4) is 0 Å². The molecule has 5 rings (SSSR count). The van der Waals surface area contributed by atoms with Gasteiger partial charge in [0.05, 0.1) is 33.4 Å². The third kappa shape index (κ3) is 3.89. The summed E-state index contributed by atoms with van der Waals surface area (Å²) < 4.78 is 13.3. The van der Waals surface area contributed by atoms with Crippen LogP contribution in [0, 0.1) is 0 Å². The van der Waals surface area contributed by atoms with Crippen molar-refractivity contribution in [3.63, 3.8) is 0 Å². The van der Waals surface area contributed by atoms with E-state index in [1.165, 1.54) is 0 Å². The molecule has 0 unspecified atom stereocenters. The van der Waals surface area contributed by atoms with Gasteiger partial charge in [-0.05, 0) is 31.0 Å². The van der Waals surface area contributed by atoms with E-state index in [1.807, 2.05) is 23.1 Å². The van der Waals surface area contributed by atoms with Crippen LogP contribution in [0.25, 0.3) is 34.0 Å². The molecule has 4 heterocycles. The number of nitrogens with two attached hydrogens (primary N) is 1. The number of nitrogens with zero attached hydrogens (tertiary/aromatic N) is 5. The first-order valence-corrected chi connectivity index (χ1v) is 10.5. The SMILES string of the molecule is Nc1ncc(-c2cnn(C3CCOCC3)c2)cc1-c1nnc(-c2c(Cl)cccc2Cl)o1. The maximum atomic E-state index is 6.26. The quantitative estimate of drug-likeness (QED) is 0.465. The molecule has 0 bridgehead atoms. The highest BCUT2D eigenvalue weighted by Crippen LogP contribution is 2.36. The maximum absolute atomic E-state index is 6.26. The summed E-state index contributed by atoms with van der Waals surface area (Å²) in [5, 5.41) is 13.6. The molecule has 0 radical (unpaired) electrons. The highest BCUT2D eigenvalue weighted by molar-refractivity contribution is 6.38. The van der Waals surface area contributed by atoms with Crippen LogP contribution in [0.15, 0.2) is 47.3 Å². The average Bonchev–Trinajstić information content (AvgIpc) is 3.45. The summed E-state index contributed by atoms with van der Waals surface area (Å²) in [5.74, 6) is 0.721. The Morgan fingerprint density at radius 1 is 1.00 bits per heavy atom. The van der Waals surface area contributed by atoms with Gasteiger partial charge in [-0.25, -0.2) is 4.98 Å². The van der Waals surface area contributed by atoms with Gasteiger partial charge in [-0.15, -0.1) is 10.2 Å². The van der Waals surface area contributed by atoms with E-state index in [1.54, 1.807) is 24.4 Å². The number of benzene rings is 1. The first-order chi connectivity index (χ1) is 15.1. The monoisotopic (exact) mass is 456 g/mol. The Morgan fingerprint density at radius 2 is 1.74 bits per heavy atom. The lowest BCUT2D eigenvalue weighted by Gasteiger charge is -2.22. The lowest BCUT2D eigenvalue weighted by Crippen LogP contribution is -2.19. The van der Waals surface area contributed by atoms with Crippen molar-refractivity contribution in [2.75, 3.05) is 18.9 Å². The van der Waals surface area contributed by atoms with E-state index in [0.29, 0.717) is 27.2 Å². The average molecular weight is 457 g/mol. The molecule has 8 nitrogen and oxygen atoms in total. The van der Waals surface area contributed by atoms with Crippen LogP contribution in [0.5, 0.6) is 0 Å². The molecule has 158 valence electrons. The highest BCUT2D eigenvalue weighted by atomic mass is 35.5. The van der Waals surface area contributed by atoms with Crippen molar-refractivity contribution in [2.24, 2.45) is 0 Å². The van der Waals surface area contributed by atoms with Crippen molar-refractivity contribution >= 4 is 29.0 Å². The molecular formula is C21H18Cl2N6O2. The number of nitrogen functional groups attached to an aromatic ring is 1. The Labute approximate surface area is 188 Å². The van der Waals surface area contributed by atoms with Gasteiger partial charge in [0, 0.05) is 36.7 Å². The number of aromatic nitrogens is 5. The van der Waals surface area contributed by atoms with Gasteiger partial charge in [0.1, 0.15) is 5.82 Å². The summed E-state index contributed by atoms with van der Waals surface area (Å²) in [6.45, 7) is 1.50. The lowest BCUT2D eigenvalue weighted by atomic mass is 10.1. The van der Waals surface area contributed by atoms with Crippen molar-refractivity contribution in [1.29, 1.82) is 0 Å². The predicted octanol–water partition coefficient (Wildman–Crippen LogP) is 4.90. The van der Waals surface area contributed by atoms with Crippen molar-refractivity contribution in [3.8, 4) is 34.0 Å². The first kappa shape index (κ1) is 20.0. The third-order valence-corrected chi connectivity index (χ3v) is 5.88. The summed E-state index contributed by atoms with van der Waals surface area (Å²) in [6.07, 6.45) is 7.42. The van der Waals surface area contributed by atoms with Gasteiger partial charge in [0.2, 0.25) is 0 Å². The van der Waals surface area contributed by atoms with E-state index < -0.39 is 0 Å². The molecule has 0 amide bonds. The Morgan fingerprint density at radius 3 is 2.52 bits per heavy atom. The fourth-order valence-corrected chi connectivity index (χ4v) is 4.14. The van der Waals surface area contributed by atoms with Crippen LogP contribution in [-0.4, -0.2) is 38.2 Å². The third-order valence-electron chi connectivity index (χ3n) is 5.25. The predicted molar refractivity (Wildman–Crippen MR) is 118 cm³/mol. The van der Waals surface area contributed by atoms with Gasteiger partial charge in [-0.3, -0.25) is 4.68 Å². The highest BCUT2D eigenvalue weighted by Gasteiger charge is 2.20. The number of anilines is 1. The van der Waals surface area contributed by atoms with Crippen LogP contribution in [-0.2, 0) is 4.74 Å². The zero-order chi connectivity index (χ0) is 21.4. The largest absolute Gasteiger partial charge is 0.416 e. The normalized spacial score (nSPS) is 14.8. The van der Waals surface area contributed by atoms with Crippen molar-refractivity contribution in [3.05, 3.63) is 52.9 Å². The smallest absolute Gasteiger partial charge is 0.251 e. The number of halogens is 2. The van der Waals surface area contributed by atoms with Crippen LogP contribution in [0.2, 0.25) is 10.0 Å². The molecule has 0 atom stereocenters. The second kappa shape index (κ2) is 8.30. The topological polar surface area (TPSA) is 105 Å². The van der Waals surface area contributed by atoms with Crippen molar-refractivity contribution < 1.29 is 9.15 Å². The molecular weight excluding hydrogens is 439 g/mol. The molecule has 1 aliphatic rings. The zero-order valence-corrected chi connectivity index (χ0v) is 17.8. The fourth-order valence-electron chi connectivity index (χ4n) is 3.58. The minimum atomic E-state index is 0.211. The van der Waals surface area contributed by atoms with E-state index in [4.69, 9.17) is 38.1 Å². The lowest BCUT2D eigenvalue weighted by molar-refractivity contribution is 0.0662. The molecule has 0 spiro atoms. The Hall–Kier alpha value is -2.94. The van der Waals surface area contributed by atoms with Gasteiger partial charge in [0.25, 0.3) is 11.8 Å². The molecule has 2 N–H and O–H groups in total. The molecule has 31 heavy (non-hydrogen) atoms. The zero-order valence-electron chi connectivity index (χ0n) is 16.3. The summed E-state index contributed by atoms with van der Waals surface area (Å²) in [5.41, 5.74) is 8.88. The van der Waals surface area contributed by atoms with Crippen LogP contribution in [0.4, 0.5) is 5.82 Å². The molecule has 1 saturated heterocycles. The summed E-state index contributed by atoms with van der Waals surface area (Å²) in [4.78, 5) is 4.31. The molecule has 0 aliphatic carbocycles. The second-order valence-corrected chi connectivity index (χ2v) is 8.03. The standard InChI is InChI=1S/C21H18Cl2N6O2/c22-16-2-1-3-17(23)18(16)21-28-27-20(31-21)15-8-12(9-25-19(15)24)13-10-26-29(11-13)14-4-6-30-7-5-14/h1-3,8-11,14H,4-7H2,(H2,24,25). The fraction of sp³-hybridized carbons (Fsp3) is 0.238. The summed E-state index contributed by atoms with van der Waals surface area (Å²) in [7, 11) is 0. The minimum Gasteiger partial charge on any atom is -0.416 e. The van der Waals surface area contributed by atoms with Crippen molar-refractivity contribution in [2.45, 2.75) is 18.9 Å². The van der Waals surface area contributed by atoms with Crippen molar-refractivity contribution in [1.82, 2.24) is 25.0 Å². The van der Waals surface area contributed by atoms with E-state index in [0.717, 1.165) is 37.2 Å². The van der Waals surface area contributed by atoms with Crippen LogP contribution >= 0.6 is 23.2 Å². The number of hydrogen-bond acceptors (Lipinski definition) is 7. The number of hydrogen-bond donors (Lipinski definition) is 1. The summed E-state index contributed by atoms with van der Waals surface area (Å²) >= 11 is 12.5. The molecule has 1 aromatic carbocycles. The molecule has 1 aliphatic heterocycles. The second-order valence-electron chi connectivity index (χ2n) is 7.22. The molecule has 1 fully saturated rings. The van der Waals surface area contributed by atoms with Gasteiger partial charge >= 0.3 is 0 Å². The first-order valence-electron chi connectivity index (χ1n) is 9.76. The van der Waals surface area contributed by atoms with E-state index >= 15 is 0 Å². The van der Waals surface area contributed by atoms with Crippen LogP contribution in [0.1, 0.15) is 18.9 Å². The molecule has 3 aromatic heterocycles. The summed E-state index contributed by atoms with van der Waals surface area (Å²) in [6, 6.07) is 7.36. The molecule has 10 heteroatoms. The number of pyridine rings is 1. The van der Waals surface area contributed by atoms with Gasteiger partial charge in [-0.1, -0.05) is 29.3 Å². The van der Waals surface area contributed by atoms with E-state index in [-0.39, 0.29) is 17.6 Å².